The predicted molar refractivity (Wildman–Crippen MR) is 94.9 cm³/mol. The minimum atomic E-state index is -0.0265. The number of carbonyl (C=O) groups is 1. The molecule has 2 fully saturated rings. The summed E-state index contributed by atoms with van der Waals surface area (Å²) in [6, 6.07) is -0.0265. The topological polar surface area (TPSA) is 48.5 Å². The normalized spacial score (nSPS) is 23.3. The van der Waals surface area contributed by atoms with Crippen LogP contribution in [-0.2, 0) is 4.79 Å². The third kappa shape index (κ3) is 4.23. The number of nitrogens with zero attached hydrogens (tertiary/aromatic N) is 3. The maximum atomic E-state index is 12.6. The Kier molecular flexibility index (Phi) is 5.89. The number of hydrogen-bond acceptors (Lipinski definition) is 5. The van der Waals surface area contributed by atoms with E-state index in [2.05, 4.69) is 27.0 Å². The van der Waals surface area contributed by atoms with Gasteiger partial charge in [-0.3, -0.25) is 4.79 Å². The molecular weight excluding hydrogens is 308 g/mol. The molecule has 0 spiro atoms. The van der Waals surface area contributed by atoms with E-state index < -0.39 is 0 Å². The Bertz CT molecular complexity index is 485. The van der Waals surface area contributed by atoms with Crippen molar-refractivity contribution in [1.29, 1.82) is 0 Å². The molecule has 3 heterocycles. The largest absolute Gasteiger partial charge is 0.354 e. The molecule has 1 N–H and O–H groups in total. The van der Waals surface area contributed by atoms with Crippen molar-refractivity contribution in [3.63, 3.8) is 0 Å². The first-order valence-electron chi connectivity index (χ1n) is 8.94. The number of nitrogens with one attached hydrogen (secondary N) is 1. The van der Waals surface area contributed by atoms with E-state index in [1.54, 1.807) is 11.3 Å². The van der Waals surface area contributed by atoms with E-state index in [4.69, 9.17) is 0 Å². The Morgan fingerprint density at radius 2 is 2.17 bits per heavy atom. The molecule has 0 unspecified atom stereocenters. The molecule has 2 aliphatic heterocycles. The summed E-state index contributed by atoms with van der Waals surface area (Å²) in [6.45, 7) is 7.60. The molecule has 1 amide bonds. The van der Waals surface area contributed by atoms with Crippen LogP contribution in [0.4, 0.5) is 5.13 Å². The molecule has 0 bridgehead atoms. The third-order valence-electron chi connectivity index (χ3n) is 5.03. The predicted octanol–water partition coefficient (Wildman–Crippen LogP) is 2.35. The molecule has 3 rings (SSSR count). The molecule has 2 aliphatic rings. The van der Waals surface area contributed by atoms with E-state index in [1.807, 2.05) is 11.6 Å². The van der Waals surface area contributed by atoms with Gasteiger partial charge < -0.3 is 15.1 Å². The second-order valence-corrected chi connectivity index (χ2v) is 7.57. The van der Waals surface area contributed by atoms with Crippen LogP contribution in [0, 0.1) is 5.92 Å². The molecule has 1 atom stereocenters. The highest BCUT2D eigenvalue weighted by atomic mass is 32.1. The van der Waals surface area contributed by atoms with E-state index in [0.717, 1.165) is 31.1 Å². The van der Waals surface area contributed by atoms with Crippen LogP contribution in [0.5, 0.6) is 0 Å². The second-order valence-electron chi connectivity index (χ2n) is 6.70. The van der Waals surface area contributed by atoms with Gasteiger partial charge in [-0.2, -0.15) is 0 Å². The summed E-state index contributed by atoms with van der Waals surface area (Å²) >= 11 is 1.62. The quantitative estimate of drug-likeness (QED) is 0.866. The van der Waals surface area contributed by atoms with Gasteiger partial charge in [0, 0.05) is 24.7 Å². The molecule has 0 aliphatic carbocycles. The first-order chi connectivity index (χ1) is 11.3. The van der Waals surface area contributed by atoms with E-state index in [1.165, 1.54) is 38.9 Å². The lowest BCUT2D eigenvalue weighted by Gasteiger charge is -2.32. The average Bonchev–Trinajstić information content (AvgIpc) is 3.25. The number of thiazole rings is 1. The Morgan fingerprint density at radius 3 is 2.87 bits per heavy atom. The fourth-order valence-electron chi connectivity index (χ4n) is 3.72. The van der Waals surface area contributed by atoms with Crippen LogP contribution in [0.25, 0.3) is 0 Å². The fourth-order valence-corrected chi connectivity index (χ4v) is 4.44. The number of likely N-dealkylation sites (tertiary alicyclic amines) is 1. The minimum absolute atomic E-state index is 0.0265. The maximum Gasteiger partial charge on any atom is 0.242 e. The molecule has 23 heavy (non-hydrogen) atoms. The van der Waals surface area contributed by atoms with Crippen LogP contribution >= 0.6 is 11.3 Å². The number of carbonyl (C=O) groups excluding carboxylic acids is 1. The lowest BCUT2D eigenvalue weighted by Crippen LogP contribution is -2.46. The fraction of sp³-hybridized carbons (Fsp3) is 0.765. The molecular formula is C17H28N4OS. The zero-order valence-corrected chi connectivity index (χ0v) is 14.9. The van der Waals surface area contributed by atoms with Crippen LogP contribution in [0.2, 0.25) is 0 Å². The highest BCUT2D eigenvalue weighted by molar-refractivity contribution is 7.13. The highest BCUT2D eigenvalue weighted by Gasteiger charge is 2.32. The van der Waals surface area contributed by atoms with E-state index >= 15 is 0 Å². The minimum Gasteiger partial charge on any atom is -0.354 e. The monoisotopic (exact) mass is 336 g/mol. The Morgan fingerprint density at radius 1 is 1.35 bits per heavy atom. The van der Waals surface area contributed by atoms with Crippen LogP contribution in [0.1, 0.15) is 39.0 Å². The first kappa shape index (κ1) is 16.7. The van der Waals surface area contributed by atoms with Crippen molar-refractivity contribution < 1.29 is 4.79 Å². The van der Waals surface area contributed by atoms with Crippen molar-refractivity contribution in [2.45, 2.75) is 45.1 Å². The van der Waals surface area contributed by atoms with Crippen LogP contribution in [-0.4, -0.2) is 54.6 Å². The highest BCUT2D eigenvalue weighted by Crippen LogP contribution is 2.27. The van der Waals surface area contributed by atoms with Gasteiger partial charge in [0.15, 0.2) is 5.13 Å². The van der Waals surface area contributed by atoms with Crippen LogP contribution < -0.4 is 10.2 Å². The van der Waals surface area contributed by atoms with Crippen LogP contribution in [0.15, 0.2) is 11.6 Å². The van der Waals surface area contributed by atoms with Crippen LogP contribution in [0.3, 0.4) is 0 Å². The molecule has 2 saturated heterocycles. The summed E-state index contributed by atoms with van der Waals surface area (Å²) < 4.78 is 0. The summed E-state index contributed by atoms with van der Waals surface area (Å²) in [5, 5.41) is 6.17. The summed E-state index contributed by atoms with van der Waals surface area (Å²) in [7, 11) is 0. The van der Waals surface area contributed by atoms with Crippen molar-refractivity contribution in [1.82, 2.24) is 15.2 Å². The molecule has 6 heteroatoms. The Labute approximate surface area is 143 Å². The van der Waals surface area contributed by atoms with Gasteiger partial charge in [0.05, 0.1) is 0 Å². The van der Waals surface area contributed by atoms with Gasteiger partial charge >= 0.3 is 0 Å². The van der Waals surface area contributed by atoms with Crippen molar-refractivity contribution in [2.24, 2.45) is 5.92 Å². The lowest BCUT2D eigenvalue weighted by atomic mass is 9.96. The SMILES string of the molecule is CCCN1CCC(CNC(=O)[C@@H]2CCCN2c2nccs2)CC1. The molecule has 128 valence electrons. The summed E-state index contributed by atoms with van der Waals surface area (Å²) in [4.78, 5) is 21.7. The molecule has 1 aromatic rings. The van der Waals surface area contributed by atoms with Gasteiger partial charge in [-0.1, -0.05) is 6.92 Å². The molecule has 0 radical (unpaired) electrons. The third-order valence-corrected chi connectivity index (χ3v) is 5.84. The van der Waals surface area contributed by atoms with Gasteiger partial charge in [-0.05, 0) is 57.7 Å². The standard InChI is InChI=1S/C17H28N4OS/c1-2-8-20-10-5-14(6-11-20)13-19-16(22)15-4-3-9-21(15)17-18-7-12-23-17/h7,12,14-15H,2-6,8-11,13H2,1H3,(H,19,22)/t15-/m0/s1. The maximum absolute atomic E-state index is 12.6. The molecule has 0 aromatic carbocycles. The van der Waals surface area contributed by atoms with E-state index in [-0.39, 0.29) is 11.9 Å². The zero-order chi connectivity index (χ0) is 16.1. The second kappa shape index (κ2) is 8.11. The average molecular weight is 337 g/mol. The molecule has 0 saturated carbocycles. The number of piperidine rings is 1. The Hall–Kier alpha value is -1.14. The van der Waals surface area contributed by atoms with Gasteiger partial charge in [0.2, 0.25) is 5.91 Å². The van der Waals surface area contributed by atoms with E-state index in [0.29, 0.717) is 5.92 Å². The number of amides is 1. The van der Waals surface area contributed by atoms with Gasteiger partial charge in [0.25, 0.3) is 0 Å². The first-order valence-corrected chi connectivity index (χ1v) is 9.82. The van der Waals surface area contributed by atoms with Crippen molar-refractivity contribution >= 4 is 22.4 Å². The summed E-state index contributed by atoms with van der Waals surface area (Å²) in [5.74, 6) is 0.829. The summed E-state index contributed by atoms with van der Waals surface area (Å²) in [6.07, 6.45) is 7.49. The van der Waals surface area contributed by atoms with E-state index in [9.17, 15) is 4.79 Å². The number of anilines is 1. The van der Waals surface area contributed by atoms with Crippen molar-refractivity contribution in [3.05, 3.63) is 11.6 Å². The van der Waals surface area contributed by atoms with Gasteiger partial charge in [-0.25, -0.2) is 4.98 Å². The smallest absolute Gasteiger partial charge is 0.242 e. The van der Waals surface area contributed by atoms with Crippen molar-refractivity contribution in [3.8, 4) is 0 Å². The number of aromatic nitrogens is 1. The molecule has 5 nitrogen and oxygen atoms in total. The number of rotatable bonds is 6. The zero-order valence-electron chi connectivity index (χ0n) is 14.0. The summed E-state index contributed by atoms with van der Waals surface area (Å²) in [5.41, 5.74) is 0. The molecule has 1 aromatic heterocycles. The number of hydrogen-bond donors (Lipinski definition) is 1. The van der Waals surface area contributed by atoms with Gasteiger partial charge in [-0.15, -0.1) is 11.3 Å². The lowest BCUT2D eigenvalue weighted by molar-refractivity contribution is -0.122. The Balaban J connectivity index is 1.44. The van der Waals surface area contributed by atoms with Crippen molar-refractivity contribution in [2.75, 3.05) is 37.6 Å². The van der Waals surface area contributed by atoms with Gasteiger partial charge in [0.1, 0.15) is 6.04 Å².